The van der Waals surface area contributed by atoms with Crippen LogP contribution in [0.1, 0.15) is 52.6 Å². The van der Waals surface area contributed by atoms with Crippen LogP contribution in [0.25, 0.3) is 0 Å². The van der Waals surface area contributed by atoms with Crippen LogP contribution >= 0.6 is 0 Å². The van der Waals surface area contributed by atoms with Crippen LogP contribution in [0.3, 0.4) is 0 Å². The maximum Gasteiger partial charge on any atom is 0.269 e. The molecule has 2 rings (SSSR count). The topological polar surface area (TPSA) is 64.4 Å². The zero-order valence-electron chi connectivity index (χ0n) is 13.3. The highest BCUT2D eigenvalue weighted by Crippen LogP contribution is 2.38. The first-order valence-electron chi connectivity index (χ1n) is 7.31. The zero-order chi connectivity index (χ0) is 15.8. The second-order valence-corrected chi connectivity index (χ2v) is 6.96. The fourth-order valence-corrected chi connectivity index (χ4v) is 3.13. The molecule has 5 heteroatoms. The van der Waals surface area contributed by atoms with Crippen molar-refractivity contribution >= 4 is 5.69 Å². The lowest BCUT2D eigenvalue weighted by Gasteiger charge is -2.30. The second-order valence-electron chi connectivity index (χ2n) is 6.96. The summed E-state index contributed by atoms with van der Waals surface area (Å²) in [6, 6.07) is 7.03. The van der Waals surface area contributed by atoms with E-state index in [4.69, 9.17) is 4.74 Å². The van der Waals surface area contributed by atoms with Crippen molar-refractivity contribution in [2.75, 3.05) is 0 Å². The lowest BCUT2D eigenvalue weighted by molar-refractivity contribution is -0.384. The number of nitrogens with zero attached hydrogens (tertiary/aromatic N) is 1. The van der Waals surface area contributed by atoms with Crippen LogP contribution in [0.2, 0.25) is 0 Å². The largest absolute Gasteiger partial charge is 0.368 e. The van der Waals surface area contributed by atoms with Crippen LogP contribution in [-0.2, 0) is 4.74 Å². The van der Waals surface area contributed by atoms with E-state index in [1.54, 1.807) is 12.1 Å². The molecule has 5 nitrogen and oxygen atoms in total. The molecule has 1 N–H and O–H groups in total. The first-order valence-corrected chi connectivity index (χ1v) is 7.31. The number of nitro benzene ring substituents is 1. The van der Waals surface area contributed by atoms with E-state index in [1.165, 1.54) is 6.07 Å². The zero-order valence-corrected chi connectivity index (χ0v) is 13.3. The monoisotopic (exact) mass is 292 g/mol. The fraction of sp³-hybridized carbons (Fsp3) is 0.625. The molecule has 2 atom stereocenters. The molecule has 0 saturated carbocycles. The first-order chi connectivity index (χ1) is 9.61. The van der Waals surface area contributed by atoms with E-state index in [0.29, 0.717) is 0 Å². The van der Waals surface area contributed by atoms with Crippen molar-refractivity contribution in [1.82, 2.24) is 5.32 Å². The number of ether oxygens (including phenoxy) is 1. The molecule has 1 aliphatic heterocycles. The lowest BCUT2D eigenvalue weighted by atomic mass is 9.93. The molecule has 1 aromatic rings. The number of nitrogens with one attached hydrogen (secondary N) is 1. The van der Waals surface area contributed by atoms with Crippen molar-refractivity contribution in [2.45, 2.75) is 64.3 Å². The maximum absolute atomic E-state index is 10.9. The molecule has 21 heavy (non-hydrogen) atoms. The predicted molar refractivity (Wildman–Crippen MR) is 82.3 cm³/mol. The van der Waals surface area contributed by atoms with E-state index in [1.807, 2.05) is 13.0 Å². The van der Waals surface area contributed by atoms with Crippen molar-refractivity contribution in [2.24, 2.45) is 0 Å². The molecular formula is C16H24N2O3. The van der Waals surface area contributed by atoms with Gasteiger partial charge in [-0.25, -0.2) is 0 Å². The maximum atomic E-state index is 10.9. The quantitative estimate of drug-likeness (QED) is 0.680. The molecule has 1 heterocycles. The van der Waals surface area contributed by atoms with Gasteiger partial charge in [0.2, 0.25) is 0 Å². The second kappa shape index (κ2) is 5.39. The van der Waals surface area contributed by atoms with Crippen LogP contribution in [-0.4, -0.2) is 22.2 Å². The fourth-order valence-electron chi connectivity index (χ4n) is 3.13. The van der Waals surface area contributed by atoms with Crippen LogP contribution in [0.5, 0.6) is 0 Å². The van der Waals surface area contributed by atoms with Gasteiger partial charge in [0.05, 0.1) is 16.1 Å². The van der Waals surface area contributed by atoms with Gasteiger partial charge in [-0.1, -0.05) is 12.1 Å². The van der Waals surface area contributed by atoms with Crippen LogP contribution in [0.15, 0.2) is 24.3 Å². The third kappa shape index (κ3) is 3.60. The Hall–Kier alpha value is -1.46. The SMILES string of the molecule is CC(NC1CC(C)(C)OC1(C)C)c1cccc([N+](=O)[O-])c1. The Morgan fingerprint density at radius 3 is 2.57 bits per heavy atom. The van der Waals surface area contributed by atoms with Gasteiger partial charge in [0.1, 0.15) is 0 Å². The van der Waals surface area contributed by atoms with E-state index in [0.717, 1.165) is 12.0 Å². The third-order valence-corrected chi connectivity index (χ3v) is 4.11. The van der Waals surface area contributed by atoms with Crippen LogP contribution in [0, 0.1) is 10.1 Å². The average Bonchev–Trinajstić information content (AvgIpc) is 2.57. The summed E-state index contributed by atoms with van der Waals surface area (Å²) in [5, 5.41) is 14.4. The molecule has 1 saturated heterocycles. The smallest absolute Gasteiger partial charge is 0.269 e. The minimum atomic E-state index is -0.359. The Balaban J connectivity index is 2.13. The average molecular weight is 292 g/mol. The van der Waals surface area contributed by atoms with Gasteiger partial charge in [-0.05, 0) is 46.6 Å². The number of hydrogen-bond donors (Lipinski definition) is 1. The Morgan fingerprint density at radius 1 is 1.38 bits per heavy atom. The summed E-state index contributed by atoms with van der Waals surface area (Å²) in [4.78, 5) is 10.5. The van der Waals surface area contributed by atoms with E-state index >= 15 is 0 Å². The Morgan fingerprint density at radius 2 is 2.05 bits per heavy atom. The van der Waals surface area contributed by atoms with Gasteiger partial charge in [0.15, 0.2) is 0 Å². The molecule has 2 unspecified atom stereocenters. The Labute approximate surface area is 125 Å². The minimum absolute atomic E-state index is 0.0340. The summed E-state index contributed by atoms with van der Waals surface area (Å²) < 4.78 is 6.08. The van der Waals surface area contributed by atoms with E-state index in [2.05, 4.69) is 33.0 Å². The number of benzene rings is 1. The third-order valence-electron chi connectivity index (χ3n) is 4.11. The number of non-ortho nitro benzene ring substituents is 1. The van der Waals surface area contributed by atoms with Gasteiger partial charge in [-0.15, -0.1) is 0 Å². The van der Waals surface area contributed by atoms with Gasteiger partial charge < -0.3 is 10.1 Å². The predicted octanol–water partition coefficient (Wildman–Crippen LogP) is 3.59. The van der Waals surface area contributed by atoms with Crippen molar-refractivity contribution < 1.29 is 9.66 Å². The molecule has 0 bridgehead atoms. The number of rotatable bonds is 4. The van der Waals surface area contributed by atoms with Crippen molar-refractivity contribution in [1.29, 1.82) is 0 Å². The molecule has 1 aromatic carbocycles. The van der Waals surface area contributed by atoms with Crippen molar-refractivity contribution in [3.63, 3.8) is 0 Å². The summed E-state index contributed by atoms with van der Waals surface area (Å²) >= 11 is 0. The normalized spacial score (nSPS) is 24.7. The van der Waals surface area contributed by atoms with Crippen molar-refractivity contribution in [3.8, 4) is 0 Å². The first kappa shape index (κ1) is 15.9. The van der Waals surface area contributed by atoms with Gasteiger partial charge in [-0.3, -0.25) is 10.1 Å². The molecule has 0 radical (unpaired) electrons. The van der Waals surface area contributed by atoms with Gasteiger partial charge >= 0.3 is 0 Å². The van der Waals surface area contributed by atoms with Crippen molar-refractivity contribution in [3.05, 3.63) is 39.9 Å². The summed E-state index contributed by atoms with van der Waals surface area (Å²) in [6.45, 7) is 10.4. The molecule has 0 aliphatic carbocycles. The molecule has 0 amide bonds. The summed E-state index contributed by atoms with van der Waals surface area (Å²) in [7, 11) is 0. The minimum Gasteiger partial charge on any atom is -0.368 e. The highest BCUT2D eigenvalue weighted by atomic mass is 16.6. The molecule has 0 aromatic heterocycles. The summed E-state index contributed by atoms with van der Waals surface area (Å²) in [5.74, 6) is 0. The highest BCUT2D eigenvalue weighted by molar-refractivity contribution is 5.35. The Kier molecular flexibility index (Phi) is 4.08. The molecule has 116 valence electrons. The standard InChI is InChI=1S/C16H24N2O3/c1-11(12-7-6-8-13(9-12)18(19)20)17-14-10-15(2,3)21-16(14,4)5/h6-9,11,14,17H,10H2,1-5H3. The van der Waals surface area contributed by atoms with E-state index < -0.39 is 0 Å². The lowest BCUT2D eigenvalue weighted by Crippen LogP contribution is -2.44. The van der Waals surface area contributed by atoms with Crippen LogP contribution < -0.4 is 5.32 Å². The molecule has 1 aliphatic rings. The van der Waals surface area contributed by atoms with Gasteiger partial charge in [0.25, 0.3) is 5.69 Å². The molecule has 1 fully saturated rings. The van der Waals surface area contributed by atoms with Gasteiger partial charge in [0, 0.05) is 24.2 Å². The summed E-state index contributed by atoms with van der Waals surface area (Å²) in [5.41, 5.74) is 0.648. The molecular weight excluding hydrogens is 268 g/mol. The van der Waals surface area contributed by atoms with Crippen LogP contribution in [0.4, 0.5) is 5.69 Å². The van der Waals surface area contributed by atoms with E-state index in [9.17, 15) is 10.1 Å². The van der Waals surface area contributed by atoms with Gasteiger partial charge in [-0.2, -0.15) is 0 Å². The highest BCUT2D eigenvalue weighted by Gasteiger charge is 2.46. The Bertz CT molecular complexity index is 540. The number of nitro groups is 1. The molecule has 0 spiro atoms. The van der Waals surface area contributed by atoms with E-state index in [-0.39, 0.29) is 33.9 Å². The number of hydrogen-bond acceptors (Lipinski definition) is 4. The summed E-state index contributed by atoms with van der Waals surface area (Å²) in [6.07, 6.45) is 0.916.